The molecule has 2 aromatic rings. The van der Waals surface area contributed by atoms with Crippen molar-refractivity contribution in [3.8, 4) is 22.8 Å². The van der Waals surface area contributed by atoms with Crippen LogP contribution in [0.3, 0.4) is 0 Å². The Hall–Kier alpha value is -2.50. The van der Waals surface area contributed by atoms with E-state index in [2.05, 4.69) is 9.72 Å². The van der Waals surface area contributed by atoms with E-state index in [-0.39, 0.29) is 5.75 Å². The molecule has 0 radical (unpaired) electrons. The highest BCUT2D eigenvalue weighted by Crippen LogP contribution is 2.32. The number of rotatable bonds is 6. The number of pyridine rings is 1. The van der Waals surface area contributed by atoms with Crippen molar-refractivity contribution in [1.82, 2.24) is 4.98 Å². The Balaban J connectivity index is 2.39. The number of benzene rings is 1. The third-order valence-electron chi connectivity index (χ3n) is 3.97. The van der Waals surface area contributed by atoms with Crippen LogP contribution in [0.4, 0.5) is 13.2 Å². The molecule has 0 N–H and O–H groups in total. The maximum Gasteiger partial charge on any atom is 0.573 e. The van der Waals surface area contributed by atoms with Crippen molar-refractivity contribution in [2.24, 2.45) is 0 Å². The average molecular weight is 365 g/mol. The molecule has 6 heteroatoms. The normalized spacial score (nSPS) is 12.2. The standard InChI is InChI=1S/C20H22F3NO2/c1-5-13(3)12-25-19-14(4)18(11-16(6-2)24-19)15-7-9-17(10-8-15)26-20(21,22)23/h7-12H,5-6H2,1-4H3/b13-12+. The van der Waals surface area contributed by atoms with Crippen molar-refractivity contribution < 1.29 is 22.6 Å². The van der Waals surface area contributed by atoms with Crippen LogP contribution in [0, 0.1) is 6.92 Å². The molecule has 0 amide bonds. The summed E-state index contributed by atoms with van der Waals surface area (Å²) in [6, 6.07) is 7.73. The first-order valence-electron chi connectivity index (χ1n) is 8.42. The number of hydrogen-bond acceptors (Lipinski definition) is 3. The molecule has 1 heterocycles. The molecule has 2 rings (SSSR count). The lowest BCUT2D eigenvalue weighted by molar-refractivity contribution is -0.274. The maximum atomic E-state index is 12.3. The van der Waals surface area contributed by atoms with Crippen LogP contribution in [0.15, 0.2) is 42.2 Å². The second-order valence-corrected chi connectivity index (χ2v) is 5.95. The number of nitrogens with zero attached hydrogens (tertiary/aromatic N) is 1. The zero-order chi connectivity index (χ0) is 19.3. The van der Waals surface area contributed by atoms with E-state index in [1.54, 1.807) is 18.4 Å². The van der Waals surface area contributed by atoms with Gasteiger partial charge in [-0.25, -0.2) is 4.98 Å². The molecule has 0 saturated heterocycles. The van der Waals surface area contributed by atoms with Gasteiger partial charge in [0.25, 0.3) is 0 Å². The third kappa shape index (κ3) is 5.25. The van der Waals surface area contributed by atoms with E-state index < -0.39 is 6.36 Å². The van der Waals surface area contributed by atoms with E-state index in [1.807, 2.05) is 33.8 Å². The van der Waals surface area contributed by atoms with Crippen LogP contribution < -0.4 is 9.47 Å². The van der Waals surface area contributed by atoms with Crippen molar-refractivity contribution in [3.05, 3.63) is 53.4 Å². The van der Waals surface area contributed by atoms with Gasteiger partial charge in [0.2, 0.25) is 5.88 Å². The van der Waals surface area contributed by atoms with Gasteiger partial charge in [0, 0.05) is 11.3 Å². The van der Waals surface area contributed by atoms with Gasteiger partial charge in [-0.2, -0.15) is 0 Å². The Labute approximate surface area is 151 Å². The fourth-order valence-electron chi connectivity index (χ4n) is 2.31. The molecule has 0 aliphatic carbocycles. The molecule has 0 unspecified atom stereocenters. The lowest BCUT2D eigenvalue weighted by atomic mass is 10.0. The monoisotopic (exact) mass is 365 g/mol. The minimum absolute atomic E-state index is 0.248. The van der Waals surface area contributed by atoms with Crippen LogP contribution >= 0.6 is 0 Å². The van der Waals surface area contributed by atoms with Gasteiger partial charge in [0.1, 0.15) is 5.75 Å². The molecule has 1 aromatic heterocycles. The molecule has 0 aliphatic heterocycles. The van der Waals surface area contributed by atoms with Crippen LogP contribution in [-0.4, -0.2) is 11.3 Å². The number of aromatic nitrogens is 1. The van der Waals surface area contributed by atoms with Gasteiger partial charge in [-0.1, -0.05) is 26.0 Å². The lowest BCUT2D eigenvalue weighted by Gasteiger charge is -2.14. The summed E-state index contributed by atoms with van der Waals surface area (Å²) >= 11 is 0. The minimum Gasteiger partial charge on any atom is -0.446 e. The first-order chi connectivity index (χ1) is 12.2. The van der Waals surface area contributed by atoms with Crippen LogP contribution in [-0.2, 0) is 6.42 Å². The summed E-state index contributed by atoms with van der Waals surface area (Å²) in [7, 11) is 0. The van der Waals surface area contributed by atoms with Gasteiger partial charge in [-0.15, -0.1) is 13.2 Å². The van der Waals surface area contributed by atoms with Crippen molar-refractivity contribution >= 4 is 0 Å². The Morgan fingerprint density at radius 1 is 1.15 bits per heavy atom. The van der Waals surface area contributed by atoms with Gasteiger partial charge in [-0.3, -0.25) is 0 Å². The zero-order valence-corrected chi connectivity index (χ0v) is 15.3. The summed E-state index contributed by atoms with van der Waals surface area (Å²) in [6.07, 6.45) is -1.43. The highest BCUT2D eigenvalue weighted by atomic mass is 19.4. The number of allylic oxidation sites excluding steroid dienone is 1. The van der Waals surface area contributed by atoms with Gasteiger partial charge in [0.15, 0.2) is 0 Å². The predicted molar refractivity (Wildman–Crippen MR) is 95.1 cm³/mol. The second kappa shape index (κ2) is 8.25. The van der Waals surface area contributed by atoms with Crippen LogP contribution in [0.5, 0.6) is 11.6 Å². The molecule has 0 bridgehead atoms. The fourth-order valence-corrected chi connectivity index (χ4v) is 2.31. The van der Waals surface area contributed by atoms with Crippen molar-refractivity contribution in [2.45, 2.75) is 46.9 Å². The second-order valence-electron chi connectivity index (χ2n) is 5.95. The number of aryl methyl sites for hydroxylation is 1. The van der Waals surface area contributed by atoms with Crippen molar-refractivity contribution in [2.75, 3.05) is 0 Å². The summed E-state index contributed by atoms with van der Waals surface area (Å²) in [5, 5.41) is 0. The van der Waals surface area contributed by atoms with Gasteiger partial charge in [0.05, 0.1) is 6.26 Å². The molecule has 26 heavy (non-hydrogen) atoms. The number of halogens is 3. The van der Waals surface area contributed by atoms with Gasteiger partial charge < -0.3 is 9.47 Å². The summed E-state index contributed by atoms with van der Waals surface area (Å²) in [5.74, 6) is 0.254. The summed E-state index contributed by atoms with van der Waals surface area (Å²) in [5.41, 5.74) is 4.40. The smallest absolute Gasteiger partial charge is 0.446 e. The summed E-state index contributed by atoms with van der Waals surface area (Å²) in [4.78, 5) is 4.51. The van der Waals surface area contributed by atoms with Gasteiger partial charge in [-0.05, 0) is 61.6 Å². The third-order valence-corrected chi connectivity index (χ3v) is 3.97. The maximum absolute atomic E-state index is 12.3. The van der Waals surface area contributed by atoms with Crippen molar-refractivity contribution in [1.29, 1.82) is 0 Å². The molecule has 1 aromatic carbocycles. The summed E-state index contributed by atoms with van der Waals surface area (Å²) in [6.45, 7) is 7.87. The first-order valence-corrected chi connectivity index (χ1v) is 8.42. The molecule has 0 atom stereocenters. The van der Waals surface area contributed by atoms with E-state index in [9.17, 15) is 13.2 Å². The quantitative estimate of drug-likeness (QED) is 0.570. The summed E-state index contributed by atoms with van der Waals surface area (Å²) < 4.78 is 46.6. The predicted octanol–water partition coefficient (Wildman–Crippen LogP) is 6.21. The van der Waals surface area contributed by atoms with Crippen LogP contribution in [0.1, 0.15) is 38.4 Å². The van der Waals surface area contributed by atoms with E-state index in [1.165, 1.54) is 12.1 Å². The fraction of sp³-hybridized carbons (Fsp3) is 0.350. The SMILES string of the molecule is CC/C(C)=C/Oc1nc(CC)cc(-c2ccc(OC(F)(F)F)cc2)c1C. The van der Waals surface area contributed by atoms with Crippen LogP contribution in [0.25, 0.3) is 11.1 Å². The minimum atomic E-state index is -4.70. The van der Waals surface area contributed by atoms with E-state index >= 15 is 0 Å². The van der Waals surface area contributed by atoms with Crippen molar-refractivity contribution in [3.63, 3.8) is 0 Å². The van der Waals surface area contributed by atoms with E-state index in [0.29, 0.717) is 5.88 Å². The Morgan fingerprint density at radius 2 is 1.81 bits per heavy atom. The highest BCUT2D eigenvalue weighted by molar-refractivity contribution is 5.70. The molecule has 3 nitrogen and oxygen atoms in total. The van der Waals surface area contributed by atoms with E-state index in [0.717, 1.165) is 40.8 Å². The number of alkyl halides is 3. The largest absolute Gasteiger partial charge is 0.573 e. The molecular weight excluding hydrogens is 343 g/mol. The molecule has 0 spiro atoms. The van der Waals surface area contributed by atoms with Crippen LogP contribution in [0.2, 0.25) is 0 Å². The highest BCUT2D eigenvalue weighted by Gasteiger charge is 2.31. The first kappa shape index (κ1) is 19.8. The number of ether oxygens (including phenoxy) is 2. The Morgan fingerprint density at radius 3 is 2.35 bits per heavy atom. The zero-order valence-electron chi connectivity index (χ0n) is 15.3. The van der Waals surface area contributed by atoms with E-state index in [4.69, 9.17) is 4.74 Å². The number of hydrogen-bond donors (Lipinski definition) is 0. The lowest BCUT2D eigenvalue weighted by Crippen LogP contribution is -2.16. The molecule has 0 aliphatic rings. The molecule has 140 valence electrons. The molecular formula is C20H22F3NO2. The Kier molecular flexibility index (Phi) is 6.29. The molecule has 0 saturated carbocycles. The topological polar surface area (TPSA) is 31.4 Å². The van der Waals surface area contributed by atoms with Gasteiger partial charge >= 0.3 is 6.36 Å². The molecule has 0 fully saturated rings. The average Bonchev–Trinajstić information content (AvgIpc) is 2.60. The Bertz CT molecular complexity index is 781.